The molecule has 0 saturated carbocycles. The molecule has 2 rings (SSSR count). The summed E-state index contributed by atoms with van der Waals surface area (Å²) in [7, 11) is 0. The number of hydrogen-bond acceptors (Lipinski definition) is 3. The molecule has 0 bridgehead atoms. The fourth-order valence-corrected chi connectivity index (χ4v) is 2.71. The number of aliphatic carboxylic acids is 1. The van der Waals surface area contributed by atoms with Crippen molar-refractivity contribution in [3.05, 3.63) is 35.4 Å². The minimum atomic E-state index is -1.02. The SMILES string of the molecule is Cc1ccccc1C1CCN(CC(=O)NCC(=O)O)C1. The monoisotopic (exact) mass is 276 g/mol. The summed E-state index contributed by atoms with van der Waals surface area (Å²) >= 11 is 0. The zero-order chi connectivity index (χ0) is 14.5. The van der Waals surface area contributed by atoms with E-state index in [2.05, 4.69) is 29.3 Å². The van der Waals surface area contributed by atoms with E-state index in [1.165, 1.54) is 11.1 Å². The number of likely N-dealkylation sites (tertiary alicyclic amines) is 1. The summed E-state index contributed by atoms with van der Waals surface area (Å²) in [4.78, 5) is 24.1. The summed E-state index contributed by atoms with van der Waals surface area (Å²) in [5.41, 5.74) is 2.63. The fraction of sp³-hybridized carbons (Fsp3) is 0.467. The summed E-state index contributed by atoms with van der Waals surface area (Å²) in [5, 5.41) is 10.9. The van der Waals surface area contributed by atoms with Crippen LogP contribution < -0.4 is 5.32 Å². The number of hydrogen-bond donors (Lipinski definition) is 2. The maximum absolute atomic E-state index is 11.6. The molecule has 1 amide bonds. The third-order valence-corrected chi connectivity index (χ3v) is 3.70. The Labute approximate surface area is 118 Å². The van der Waals surface area contributed by atoms with Crippen molar-refractivity contribution < 1.29 is 14.7 Å². The molecule has 2 N–H and O–H groups in total. The molecular formula is C15H20N2O3. The number of nitrogens with one attached hydrogen (secondary N) is 1. The maximum Gasteiger partial charge on any atom is 0.322 e. The van der Waals surface area contributed by atoms with Crippen LogP contribution in [0.25, 0.3) is 0 Å². The van der Waals surface area contributed by atoms with Gasteiger partial charge in [0, 0.05) is 6.54 Å². The molecule has 0 spiro atoms. The van der Waals surface area contributed by atoms with E-state index in [4.69, 9.17) is 5.11 Å². The Kier molecular flexibility index (Phi) is 4.74. The van der Waals surface area contributed by atoms with Crippen molar-refractivity contribution >= 4 is 11.9 Å². The Balaban J connectivity index is 1.85. The zero-order valence-corrected chi connectivity index (χ0v) is 11.6. The first-order valence-corrected chi connectivity index (χ1v) is 6.82. The summed E-state index contributed by atoms with van der Waals surface area (Å²) in [6, 6.07) is 8.33. The number of carbonyl (C=O) groups is 2. The van der Waals surface area contributed by atoms with Gasteiger partial charge in [-0.15, -0.1) is 0 Å². The molecular weight excluding hydrogens is 256 g/mol. The van der Waals surface area contributed by atoms with E-state index in [-0.39, 0.29) is 19.0 Å². The second-order valence-corrected chi connectivity index (χ2v) is 5.25. The molecule has 1 fully saturated rings. The van der Waals surface area contributed by atoms with E-state index < -0.39 is 5.97 Å². The van der Waals surface area contributed by atoms with Crippen LogP contribution in [0.1, 0.15) is 23.5 Å². The molecule has 1 saturated heterocycles. The largest absolute Gasteiger partial charge is 0.480 e. The number of rotatable bonds is 5. The van der Waals surface area contributed by atoms with Crippen molar-refractivity contribution in [2.45, 2.75) is 19.3 Å². The van der Waals surface area contributed by atoms with Gasteiger partial charge in [-0.1, -0.05) is 24.3 Å². The molecule has 1 unspecified atom stereocenters. The zero-order valence-electron chi connectivity index (χ0n) is 11.6. The summed E-state index contributed by atoms with van der Waals surface area (Å²) < 4.78 is 0. The van der Waals surface area contributed by atoms with E-state index >= 15 is 0 Å². The van der Waals surface area contributed by atoms with Crippen LogP contribution in [0.5, 0.6) is 0 Å². The summed E-state index contributed by atoms with van der Waals surface area (Å²) in [6.45, 7) is 3.80. The molecule has 5 nitrogen and oxygen atoms in total. The van der Waals surface area contributed by atoms with E-state index in [1.807, 2.05) is 12.1 Å². The Morgan fingerprint density at radius 1 is 1.40 bits per heavy atom. The van der Waals surface area contributed by atoms with Gasteiger partial charge in [-0.3, -0.25) is 14.5 Å². The van der Waals surface area contributed by atoms with Crippen LogP contribution in [-0.2, 0) is 9.59 Å². The molecule has 0 aromatic heterocycles. The summed E-state index contributed by atoms with van der Waals surface area (Å²) in [5.74, 6) is -0.779. The first kappa shape index (κ1) is 14.5. The lowest BCUT2D eigenvalue weighted by atomic mass is 9.94. The van der Waals surface area contributed by atoms with Crippen LogP contribution in [-0.4, -0.2) is 48.1 Å². The van der Waals surface area contributed by atoms with Gasteiger partial charge in [0.05, 0.1) is 6.54 Å². The van der Waals surface area contributed by atoms with Crippen molar-refractivity contribution in [2.75, 3.05) is 26.2 Å². The first-order chi connectivity index (χ1) is 9.56. The molecule has 1 heterocycles. The van der Waals surface area contributed by atoms with E-state index in [0.717, 1.165) is 19.5 Å². The van der Waals surface area contributed by atoms with Gasteiger partial charge >= 0.3 is 5.97 Å². The highest BCUT2D eigenvalue weighted by atomic mass is 16.4. The van der Waals surface area contributed by atoms with Crippen LogP contribution in [0.2, 0.25) is 0 Å². The number of nitrogens with zero attached hydrogens (tertiary/aromatic N) is 1. The van der Waals surface area contributed by atoms with Crippen LogP contribution in [0, 0.1) is 6.92 Å². The minimum absolute atomic E-state index is 0.224. The third-order valence-electron chi connectivity index (χ3n) is 3.70. The maximum atomic E-state index is 11.6. The van der Waals surface area contributed by atoms with E-state index in [0.29, 0.717) is 5.92 Å². The molecule has 1 aliphatic rings. The number of amides is 1. The number of carbonyl (C=O) groups excluding carboxylic acids is 1. The molecule has 0 aliphatic carbocycles. The highest BCUT2D eigenvalue weighted by molar-refractivity contribution is 5.82. The number of aryl methyl sites for hydroxylation is 1. The van der Waals surface area contributed by atoms with Gasteiger partial charge in [0.2, 0.25) is 5.91 Å². The molecule has 1 aromatic carbocycles. The van der Waals surface area contributed by atoms with Crippen molar-refractivity contribution in [3.8, 4) is 0 Å². The highest BCUT2D eigenvalue weighted by Crippen LogP contribution is 2.28. The Bertz CT molecular complexity index is 502. The standard InChI is InChI=1S/C15H20N2O3/c1-11-4-2-3-5-13(11)12-6-7-17(9-12)10-14(18)16-8-15(19)20/h2-5,12H,6-10H2,1H3,(H,16,18)(H,19,20). The number of carboxylic acids is 1. The number of carboxylic acid groups (broad SMARTS) is 1. The van der Waals surface area contributed by atoms with Gasteiger partial charge in [0.1, 0.15) is 6.54 Å². The average Bonchev–Trinajstić information content (AvgIpc) is 2.85. The first-order valence-electron chi connectivity index (χ1n) is 6.82. The van der Waals surface area contributed by atoms with Crippen molar-refractivity contribution in [3.63, 3.8) is 0 Å². The molecule has 20 heavy (non-hydrogen) atoms. The third kappa shape index (κ3) is 3.81. The number of benzene rings is 1. The van der Waals surface area contributed by atoms with Crippen LogP contribution in [0.4, 0.5) is 0 Å². The molecule has 1 atom stereocenters. The topological polar surface area (TPSA) is 69.6 Å². The van der Waals surface area contributed by atoms with Crippen molar-refractivity contribution in [2.24, 2.45) is 0 Å². The molecule has 1 aliphatic heterocycles. The van der Waals surface area contributed by atoms with Gasteiger partial charge in [-0.05, 0) is 36.9 Å². The molecule has 1 aromatic rings. The molecule has 0 radical (unpaired) electrons. The lowest BCUT2D eigenvalue weighted by Crippen LogP contribution is -2.38. The predicted molar refractivity (Wildman–Crippen MR) is 75.6 cm³/mol. The van der Waals surface area contributed by atoms with Crippen LogP contribution >= 0.6 is 0 Å². The second-order valence-electron chi connectivity index (χ2n) is 5.25. The second kappa shape index (κ2) is 6.52. The smallest absolute Gasteiger partial charge is 0.322 e. The van der Waals surface area contributed by atoms with Gasteiger partial charge in [0.15, 0.2) is 0 Å². The minimum Gasteiger partial charge on any atom is -0.480 e. The van der Waals surface area contributed by atoms with Crippen molar-refractivity contribution in [1.29, 1.82) is 0 Å². The highest BCUT2D eigenvalue weighted by Gasteiger charge is 2.25. The average molecular weight is 276 g/mol. The van der Waals surface area contributed by atoms with Gasteiger partial charge in [-0.2, -0.15) is 0 Å². The van der Waals surface area contributed by atoms with E-state index in [9.17, 15) is 9.59 Å². The summed E-state index contributed by atoms with van der Waals surface area (Å²) in [6.07, 6.45) is 1.04. The Morgan fingerprint density at radius 2 is 2.15 bits per heavy atom. The Hall–Kier alpha value is -1.88. The van der Waals surface area contributed by atoms with Crippen molar-refractivity contribution in [1.82, 2.24) is 10.2 Å². The van der Waals surface area contributed by atoms with Crippen LogP contribution in [0.15, 0.2) is 24.3 Å². The quantitative estimate of drug-likeness (QED) is 0.841. The normalized spacial score (nSPS) is 18.9. The lowest BCUT2D eigenvalue weighted by Gasteiger charge is -2.16. The van der Waals surface area contributed by atoms with Gasteiger partial charge in [-0.25, -0.2) is 0 Å². The fourth-order valence-electron chi connectivity index (χ4n) is 2.71. The van der Waals surface area contributed by atoms with Gasteiger partial charge < -0.3 is 10.4 Å². The van der Waals surface area contributed by atoms with Gasteiger partial charge in [0.25, 0.3) is 0 Å². The van der Waals surface area contributed by atoms with E-state index in [1.54, 1.807) is 0 Å². The van der Waals surface area contributed by atoms with Crippen LogP contribution in [0.3, 0.4) is 0 Å². The Morgan fingerprint density at radius 3 is 2.85 bits per heavy atom. The lowest BCUT2D eigenvalue weighted by molar-refractivity contribution is -0.138. The molecule has 5 heteroatoms. The predicted octanol–water partition coefficient (Wildman–Crippen LogP) is 0.985. The molecule has 108 valence electrons.